The highest BCUT2D eigenvalue weighted by molar-refractivity contribution is 7.99. The van der Waals surface area contributed by atoms with E-state index in [9.17, 15) is 24.6 Å². The highest BCUT2D eigenvalue weighted by Gasteiger charge is 2.70. The zero-order valence-electron chi connectivity index (χ0n) is 19.3. The number of hydrogen-bond acceptors (Lipinski definition) is 7. The number of aliphatic hydroxyl groups excluding tert-OH is 2. The number of ketones is 2. The number of fused-ring (bicyclic) bond motifs is 5. The number of aliphatic hydroxyl groups is 2. The van der Waals surface area contributed by atoms with E-state index >= 15 is 0 Å². The molecule has 4 aliphatic rings. The van der Waals surface area contributed by atoms with Gasteiger partial charge in [0.15, 0.2) is 11.4 Å². The maximum Gasteiger partial charge on any atom is 0.316 e. The zero-order chi connectivity index (χ0) is 23.5. The monoisotopic (exact) mass is 462 g/mol. The van der Waals surface area contributed by atoms with Gasteiger partial charge < -0.3 is 14.9 Å². The van der Waals surface area contributed by atoms with Crippen LogP contribution in [0.25, 0.3) is 0 Å². The SMILES string of the molecule is CSCC(=O)O[C@]1(C(=O)CO)CC[C@H]2[C@@H]3C[C@H](C)C4=CC(=O)C=C[C@]4(C)[C@H]3[C@@H](O)C[C@@]21C. The first-order chi connectivity index (χ1) is 15.0. The summed E-state index contributed by atoms with van der Waals surface area (Å²) in [5.74, 6) is -0.514. The molecule has 3 saturated carbocycles. The maximum absolute atomic E-state index is 13.1. The molecule has 0 saturated heterocycles. The highest BCUT2D eigenvalue weighted by Crippen LogP contribution is 2.68. The van der Waals surface area contributed by atoms with Gasteiger partial charge in [-0.1, -0.05) is 32.4 Å². The predicted octanol–water partition coefficient (Wildman–Crippen LogP) is 2.72. The molecule has 4 rings (SSSR count). The number of Topliss-reactive ketones (excluding diaryl/α,β-unsaturated/α-hetero) is 1. The van der Waals surface area contributed by atoms with Crippen molar-refractivity contribution < 1.29 is 29.3 Å². The van der Waals surface area contributed by atoms with E-state index in [1.807, 2.05) is 13.0 Å². The van der Waals surface area contributed by atoms with Gasteiger partial charge in [0.2, 0.25) is 5.78 Å². The highest BCUT2D eigenvalue weighted by atomic mass is 32.2. The van der Waals surface area contributed by atoms with Gasteiger partial charge >= 0.3 is 5.97 Å². The predicted molar refractivity (Wildman–Crippen MR) is 122 cm³/mol. The Morgan fingerprint density at radius 2 is 2.03 bits per heavy atom. The summed E-state index contributed by atoms with van der Waals surface area (Å²) in [6.45, 7) is 5.51. The van der Waals surface area contributed by atoms with Crippen LogP contribution in [0.1, 0.15) is 46.5 Å². The molecular weight excluding hydrogens is 428 g/mol. The second-order valence-corrected chi connectivity index (χ2v) is 11.5. The fourth-order valence-corrected chi connectivity index (χ4v) is 8.18. The third kappa shape index (κ3) is 3.18. The zero-order valence-corrected chi connectivity index (χ0v) is 20.1. The molecule has 3 fully saturated rings. The van der Waals surface area contributed by atoms with Crippen molar-refractivity contribution in [2.75, 3.05) is 18.6 Å². The average Bonchev–Trinajstić information content (AvgIpc) is 3.01. The summed E-state index contributed by atoms with van der Waals surface area (Å²) in [7, 11) is 0. The third-order valence-corrected chi connectivity index (χ3v) is 9.61. The van der Waals surface area contributed by atoms with Crippen LogP contribution in [0.4, 0.5) is 0 Å². The first-order valence-electron chi connectivity index (χ1n) is 11.5. The standard InChI is InChI=1S/C25H34O6S/c1-14-9-16-17-6-8-25(20(29)12-26,31-21(30)13-32-4)24(17,3)11-19(28)22(16)23(2)7-5-15(27)10-18(14)23/h5,7,10,14,16-17,19,22,26,28H,6,8-9,11-13H2,1-4H3/t14-,16-,17-,19-,22+,23-,24-,25-/m0/s1. The molecule has 2 N–H and O–H groups in total. The van der Waals surface area contributed by atoms with E-state index < -0.39 is 40.9 Å². The topological polar surface area (TPSA) is 101 Å². The normalized spacial score (nSPS) is 44.9. The van der Waals surface area contributed by atoms with Crippen molar-refractivity contribution in [1.82, 2.24) is 0 Å². The molecule has 0 bridgehead atoms. The lowest BCUT2D eigenvalue weighted by Crippen LogP contribution is -2.63. The summed E-state index contributed by atoms with van der Waals surface area (Å²) >= 11 is 1.33. The van der Waals surface area contributed by atoms with E-state index in [0.29, 0.717) is 19.3 Å². The first-order valence-corrected chi connectivity index (χ1v) is 12.9. The number of carbonyl (C=O) groups is 3. The summed E-state index contributed by atoms with van der Waals surface area (Å²) < 4.78 is 5.91. The van der Waals surface area contributed by atoms with Gasteiger partial charge in [0.05, 0.1) is 11.9 Å². The Hall–Kier alpha value is -1.44. The number of thioether (sulfide) groups is 1. The van der Waals surface area contributed by atoms with E-state index in [4.69, 9.17) is 4.74 Å². The van der Waals surface area contributed by atoms with Crippen LogP contribution in [0, 0.1) is 34.5 Å². The molecule has 0 aromatic carbocycles. The van der Waals surface area contributed by atoms with Crippen LogP contribution in [0.15, 0.2) is 23.8 Å². The van der Waals surface area contributed by atoms with Gasteiger partial charge in [-0.25, -0.2) is 0 Å². The lowest BCUT2D eigenvalue weighted by atomic mass is 9.44. The Bertz CT molecular complexity index is 895. The summed E-state index contributed by atoms with van der Waals surface area (Å²) in [5.41, 5.74) is -1.51. The van der Waals surface area contributed by atoms with Crippen molar-refractivity contribution in [1.29, 1.82) is 0 Å². The number of carbonyl (C=O) groups excluding carboxylic acids is 3. The van der Waals surface area contributed by atoms with Gasteiger partial charge in [-0.15, -0.1) is 0 Å². The smallest absolute Gasteiger partial charge is 0.316 e. The van der Waals surface area contributed by atoms with E-state index in [1.54, 1.807) is 18.4 Å². The maximum atomic E-state index is 13.1. The molecule has 6 nitrogen and oxygen atoms in total. The van der Waals surface area contributed by atoms with Crippen LogP contribution in [-0.4, -0.2) is 58.1 Å². The van der Waals surface area contributed by atoms with Crippen molar-refractivity contribution in [3.8, 4) is 0 Å². The first kappa shape index (κ1) is 23.7. The molecule has 0 spiro atoms. The minimum atomic E-state index is -1.41. The lowest BCUT2D eigenvalue weighted by molar-refractivity contribution is -0.199. The van der Waals surface area contributed by atoms with Gasteiger partial charge in [0.25, 0.3) is 0 Å². The van der Waals surface area contributed by atoms with Crippen LogP contribution in [0.2, 0.25) is 0 Å². The van der Waals surface area contributed by atoms with Crippen LogP contribution in [0.5, 0.6) is 0 Å². The molecule has 0 aromatic rings. The number of allylic oxidation sites excluding steroid dienone is 4. The van der Waals surface area contributed by atoms with Crippen LogP contribution in [-0.2, 0) is 19.1 Å². The summed E-state index contributed by atoms with van der Waals surface area (Å²) in [5, 5.41) is 21.3. The van der Waals surface area contributed by atoms with E-state index in [2.05, 4.69) is 13.8 Å². The fourth-order valence-electron chi connectivity index (χ4n) is 7.89. The Balaban J connectivity index is 1.76. The summed E-state index contributed by atoms with van der Waals surface area (Å²) in [4.78, 5) is 37.8. The minimum absolute atomic E-state index is 0.00737. The van der Waals surface area contributed by atoms with Crippen molar-refractivity contribution in [3.05, 3.63) is 23.8 Å². The molecule has 4 aliphatic carbocycles. The summed E-state index contributed by atoms with van der Waals surface area (Å²) in [6.07, 6.45) is 8.58. The summed E-state index contributed by atoms with van der Waals surface area (Å²) in [6, 6.07) is 0. The van der Waals surface area contributed by atoms with Crippen molar-refractivity contribution in [2.24, 2.45) is 34.5 Å². The van der Waals surface area contributed by atoms with Crippen molar-refractivity contribution >= 4 is 29.3 Å². The number of hydrogen-bond donors (Lipinski definition) is 2. The van der Waals surface area contributed by atoms with Crippen LogP contribution >= 0.6 is 11.8 Å². The quantitative estimate of drug-likeness (QED) is 0.606. The van der Waals surface area contributed by atoms with Gasteiger partial charge in [-0.05, 0) is 61.8 Å². The molecule has 32 heavy (non-hydrogen) atoms. The number of ether oxygens (including phenoxy) is 1. The van der Waals surface area contributed by atoms with E-state index in [1.165, 1.54) is 11.8 Å². The minimum Gasteiger partial charge on any atom is -0.450 e. The van der Waals surface area contributed by atoms with E-state index in [0.717, 1.165) is 12.0 Å². The molecular formula is C25H34O6S. The largest absolute Gasteiger partial charge is 0.450 e. The molecule has 0 aromatic heterocycles. The molecule has 176 valence electrons. The molecule has 0 aliphatic heterocycles. The molecule has 0 radical (unpaired) electrons. The molecule has 0 heterocycles. The number of rotatable bonds is 5. The van der Waals surface area contributed by atoms with E-state index in [-0.39, 0.29) is 35.2 Å². The van der Waals surface area contributed by atoms with Gasteiger partial charge in [-0.3, -0.25) is 14.4 Å². The van der Waals surface area contributed by atoms with Gasteiger partial charge in [0.1, 0.15) is 6.61 Å². The third-order valence-electron chi connectivity index (χ3n) is 9.08. The second kappa shape index (κ2) is 8.10. The van der Waals surface area contributed by atoms with Gasteiger partial charge in [-0.2, -0.15) is 11.8 Å². The number of esters is 1. The Morgan fingerprint density at radius 3 is 2.69 bits per heavy atom. The molecule has 7 heteroatoms. The Labute approximate surface area is 193 Å². The molecule has 8 atom stereocenters. The van der Waals surface area contributed by atoms with Crippen molar-refractivity contribution in [3.63, 3.8) is 0 Å². The van der Waals surface area contributed by atoms with Gasteiger partial charge in [0, 0.05) is 16.7 Å². The van der Waals surface area contributed by atoms with Crippen LogP contribution < -0.4 is 0 Å². The Morgan fingerprint density at radius 1 is 1.31 bits per heavy atom. The van der Waals surface area contributed by atoms with Crippen molar-refractivity contribution in [2.45, 2.75) is 58.2 Å². The fraction of sp³-hybridized carbons (Fsp3) is 0.720. The Kier molecular flexibility index (Phi) is 6.00. The average molecular weight is 463 g/mol. The second-order valence-electron chi connectivity index (χ2n) is 10.6. The van der Waals surface area contributed by atoms with Crippen LogP contribution in [0.3, 0.4) is 0 Å². The lowest BCUT2D eigenvalue weighted by Gasteiger charge is -2.61. The molecule has 0 unspecified atom stereocenters. The molecule has 0 amide bonds.